The zero-order valence-electron chi connectivity index (χ0n) is 44.8. The van der Waals surface area contributed by atoms with Gasteiger partial charge in [0.1, 0.15) is 6.10 Å². The van der Waals surface area contributed by atoms with Crippen molar-refractivity contribution in [2.45, 2.75) is 322 Å². The molecule has 6 heteroatoms. The Hall–Kier alpha value is -2.18. The molecular formula is C61H113NO5. The van der Waals surface area contributed by atoms with Gasteiger partial charge in [-0.05, 0) is 83.5 Å². The highest BCUT2D eigenvalue weighted by molar-refractivity contribution is 5.77. The van der Waals surface area contributed by atoms with E-state index in [4.69, 9.17) is 4.74 Å². The summed E-state index contributed by atoms with van der Waals surface area (Å²) in [7, 11) is 0. The molecule has 0 bridgehead atoms. The first-order valence-corrected chi connectivity index (χ1v) is 29.4. The van der Waals surface area contributed by atoms with Gasteiger partial charge >= 0.3 is 5.97 Å². The number of hydrogen-bond acceptors (Lipinski definition) is 5. The highest BCUT2D eigenvalue weighted by Gasteiger charge is 2.24. The Kier molecular flexibility index (Phi) is 53.0. The van der Waals surface area contributed by atoms with Crippen LogP contribution >= 0.6 is 0 Å². The molecule has 1 amide bonds. The maximum Gasteiger partial charge on any atom is 0.306 e. The summed E-state index contributed by atoms with van der Waals surface area (Å²) >= 11 is 0. The Morgan fingerprint density at radius 1 is 0.448 bits per heavy atom. The second kappa shape index (κ2) is 54.8. The van der Waals surface area contributed by atoms with Crippen molar-refractivity contribution in [1.82, 2.24) is 5.32 Å². The normalized spacial score (nSPS) is 13.4. The summed E-state index contributed by atoms with van der Waals surface area (Å²) in [6.07, 6.45) is 67.4. The maximum absolute atomic E-state index is 13.3. The number of hydrogen-bond donors (Lipinski definition) is 3. The van der Waals surface area contributed by atoms with Crippen LogP contribution in [0.4, 0.5) is 0 Å². The van der Waals surface area contributed by atoms with Crippen molar-refractivity contribution < 1.29 is 24.5 Å². The Bertz CT molecular complexity index is 1150. The third kappa shape index (κ3) is 50.0. The Balaban J connectivity index is 4.60. The molecule has 67 heavy (non-hydrogen) atoms. The molecular weight excluding hydrogens is 827 g/mol. The van der Waals surface area contributed by atoms with E-state index >= 15 is 0 Å². The van der Waals surface area contributed by atoms with Gasteiger partial charge in [-0.3, -0.25) is 9.59 Å². The van der Waals surface area contributed by atoms with Gasteiger partial charge in [0.05, 0.1) is 25.2 Å². The van der Waals surface area contributed by atoms with Crippen LogP contribution in [0.25, 0.3) is 0 Å². The van der Waals surface area contributed by atoms with Crippen LogP contribution in [0.1, 0.15) is 303 Å². The maximum atomic E-state index is 13.3. The Labute approximate surface area is 416 Å². The van der Waals surface area contributed by atoms with Gasteiger partial charge in [-0.25, -0.2) is 0 Å². The van der Waals surface area contributed by atoms with E-state index < -0.39 is 18.2 Å². The number of unbranched alkanes of at least 4 members (excludes halogenated alkanes) is 34. The number of nitrogens with one attached hydrogen (secondary N) is 1. The SMILES string of the molecule is CCCCC/C=C\C/C=C\CCCCCCCCCC(CC(=O)NC(CO)C(O)CCCCCCCCCCCCCCC)OC(=O)CCCCCCC/C=C/C=C/CCCCCCCCC. The molecule has 0 aromatic heterocycles. The monoisotopic (exact) mass is 940 g/mol. The van der Waals surface area contributed by atoms with Crippen molar-refractivity contribution in [3.63, 3.8) is 0 Å². The molecule has 0 heterocycles. The number of aliphatic hydroxyl groups is 2. The van der Waals surface area contributed by atoms with Crippen molar-refractivity contribution in [2.75, 3.05) is 6.61 Å². The summed E-state index contributed by atoms with van der Waals surface area (Å²) in [5.41, 5.74) is 0. The Morgan fingerprint density at radius 2 is 0.806 bits per heavy atom. The predicted octanol–water partition coefficient (Wildman–Crippen LogP) is 18.2. The zero-order chi connectivity index (χ0) is 48.8. The van der Waals surface area contributed by atoms with Gasteiger partial charge in [0.25, 0.3) is 0 Å². The minimum absolute atomic E-state index is 0.0672. The highest BCUT2D eigenvalue weighted by Crippen LogP contribution is 2.18. The van der Waals surface area contributed by atoms with Crippen LogP contribution in [-0.4, -0.2) is 46.9 Å². The quantitative estimate of drug-likeness (QED) is 0.0244. The number of esters is 1. The molecule has 0 aliphatic rings. The number of ether oxygens (including phenoxy) is 1. The van der Waals surface area contributed by atoms with Crippen molar-refractivity contribution >= 4 is 11.9 Å². The summed E-state index contributed by atoms with van der Waals surface area (Å²) in [5, 5.41) is 23.9. The van der Waals surface area contributed by atoms with Gasteiger partial charge in [-0.1, -0.05) is 256 Å². The fourth-order valence-corrected chi connectivity index (χ4v) is 8.92. The van der Waals surface area contributed by atoms with E-state index in [1.165, 1.54) is 173 Å². The second-order valence-electron chi connectivity index (χ2n) is 20.1. The average molecular weight is 941 g/mol. The lowest BCUT2D eigenvalue weighted by Crippen LogP contribution is -2.46. The van der Waals surface area contributed by atoms with Crippen molar-refractivity contribution in [3.05, 3.63) is 48.6 Å². The average Bonchev–Trinajstić information content (AvgIpc) is 3.32. The molecule has 0 fully saturated rings. The number of allylic oxidation sites excluding steroid dienone is 8. The highest BCUT2D eigenvalue weighted by atomic mass is 16.5. The summed E-state index contributed by atoms with van der Waals surface area (Å²) in [6.45, 7) is 6.48. The molecule has 0 saturated carbocycles. The largest absolute Gasteiger partial charge is 0.462 e. The van der Waals surface area contributed by atoms with E-state index in [0.717, 1.165) is 83.5 Å². The molecule has 0 spiro atoms. The topological polar surface area (TPSA) is 95.9 Å². The summed E-state index contributed by atoms with van der Waals surface area (Å²) in [5.74, 6) is -0.488. The van der Waals surface area contributed by atoms with Crippen molar-refractivity contribution in [2.24, 2.45) is 0 Å². The van der Waals surface area contributed by atoms with Crippen LogP contribution in [0.15, 0.2) is 48.6 Å². The molecule has 0 aliphatic carbocycles. The molecule has 392 valence electrons. The summed E-state index contributed by atoms with van der Waals surface area (Å²) in [6, 6.07) is -0.708. The number of carbonyl (C=O) groups is 2. The molecule has 0 aromatic carbocycles. The lowest BCUT2D eigenvalue weighted by atomic mass is 10.0. The van der Waals surface area contributed by atoms with E-state index in [9.17, 15) is 19.8 Å². The lowest BCUT2D eigenvalue weighted by Gasteiger charge is -2.24. The van der Waals surface area contributed by atoms with Gasteiger partial charge in [-0.2, -0.15) is 0 Å². The van der Waals surface area contributed by atoms with Crippen LogP contribution in [0.5, 0.6) is 0 Å². The van der Waals surface area contributed by atoms with Crippen molar-refractivity contribution in [3.8, 4) is 0 Å². The zero-order valence-corrected chi connectivity index (χ0v) is 44.8. The first kappa shape index (κ1) is 64.8. The molecule has 3 atom stereocenters. The number of carbonyl (C=O) groups excluding carboxylic acids is 2. The van der Waals surface area contributed by atoms with E-state index in [2.05, 4.69) is 74.7 Å². The molecule has 0 aromatic rings. The van der Waals surface area contributed by atoms with E-state index in [-0.39, 0.29) is 24.9 Å². The number of amides is 1. The van der Waals surface area contributed by atoms with Crippen molar-refractivity contribution in [1.29, 1.82) is 0 Å². The second-order valence-corrected chi connectivity index (χ2v) is 20.1. The number of aliphatic hydroxyl groups excluding tert-OH is 2. The van der Waals surface area contributed by atoms with Gasteiger partial charge in [-0.15, -0.1) is 0 Å². The van der Waals surface area contributed by atoms with Crippen LogP contribution < -0.4 is 5.32 Å². The first-order valence-electron chi connectivity index (χ1n) is 29.4. The molecule has 0 rings (SSSR count). The summed E-state index contributed by atoms with van der Waals surface area (Å²) in [4.78, 5) is 26.3. The molecule has 6 nitrogen and oxygen atoms in total. The smallest absolute Gasteiger partial charge is 0.306 e. The molecule has 0 aliphatic heterocycles. The Morgan fingerprint density at radius 3 is 1.25 bits per heavy atom. The molecule has 3 N–H and O–H groups in total. The van der Waals surface area contributed by atoms with Gasteiger partial charge in [0.2, 0.25) is 5.91 Å². The molecule has 3 unspecified atom stereocenters. The minimum atomic E-state index is -0.793. The van der Waals surface area contributed by atoms with Crippen LogP contribution in [0.3, 0.4) is 0 Å². The van der Waals surface area contributed by atoms with Crippen LogP contribution in [-0.2, 0) is 14.3 Å². The van der Waals surface area contributed by atoms with Gasteiger partial charge in [0.15, 0.2) is 0 Å². The summed E-state index contributed by atoms with van der Waals surface area (Å²) < 4.78 is 5.96. The first-order chi connectivity index (χ1) is 33.0. The third-order valence-corrected chi connectivity index (χ3v) is 13.4. The van der Waals surface area contributed by atoms with Crippen LogP contribution in [0, 0.1) is 0 Å². The number of rotatable bonds is 53. The fourth-order valence-electron chi connectivity index (χ4n) is 8.92. The van der Waals surface area contributed by atoms with Gasteiger partial charge in [0, 0.05) is 6.42 Å². The lowest BCUT2D eigenvalue weighted by molar-refractivity contribution is -0.151. The predicted molar refractivity (Wildman–Crippen MR) is 292 cm³/mol. The molecule has 0 saturated heterocycles. The standard InChI is InChI=1S/C61H113NO5/c1-4-7-10-13-16-19-22-25-27-29-31-33-36-39-42-45-48-51-54-61(66)67-57(52-49-46-43-40-37-35-32-30-28-26-23-20-17-14-11-8-5-2)55-60(65)62-58(56-63)59(64)53-50-47-44-41-38-34-24-21-18-15-12-9-6-3/h17,20,26-29,31,33,57-59,63-64H,4-16,18-19,21-25,30,32,34-56H2,1-3H3,(H,62,65)/b20-17-,28-26-,29-27+,33-31+. The van der Waals surface area contributed by atoms with E-state index in [0.29, 0.717) is 19.3 Å². The minimum Gasteiger partial charge on any atom is -0.462 e. The third-order valence-electron chi connectivity index (χ3n) is 13.4. The van der Waals surface area contributed by atoms with Crippen LogP contribution in [0.2, 0.25) is 0 Å². The van der Waals surface area contributed by atoms with E-state index in [1.807, 2.05) is 0 Å². The fraction of sp³-hybridized carbons (Fsp3) is 0.836. The van der Waals surface area contributed by atoms with E-state index in [1.54, 1.807) is 0 Å². The molecule has 0 radical (unpaired) electrons. The van der Waals surface area contributed by atoms with Gasteiger partial charge < -0.3 is 20.3 Å².